The quantitative estimate of drug-likeness (QED) is 0.340. The van der Waals surface area contributed by atoms with Gasteiger partial charge in [-0.25, -0.2) is 4.98 Å². The van der Waals surface area contributed by atoms with Crippen molar-refractivity contribution in [3.63, 3.8) is 0 Å². The van der Waals surface area contributed by atoms with Crippen LogP contribution in [0.1, 0.15) is 20.9 Å². The monoisotopic (exact) mass is 500 g/mol. The number of anilines is 2. The molecule has 0 bridgehead atoms. The van der Waals surface area contributed by atoms with Gasteiger partial charge in [0.25, 0.3) is 11.8 Å². The van der Waals surface area contributed by atoms with Crippen LogP contribution in [0.15, 0.2) is 69.8 Å². The van der Waals surface area contributed by atoms with Crippen LogP contribution in [0.4, 0.5) is 10.8 Å². The van der Waals surface area contributed by atoms with Gasteiger partial charge in [0.15, 0.2) is 16.0 Å². The molecule has 30 heavy (non-hydrogen) atoms. The maximum absolute atomic E-state index is 12.3. The lowest BCUT2D eigenvalue weighted by atomic mass is 10.2. The molecule has 0 saturated carbocycles. The first-order valence-corrected chi connectivity index (χ1v) is 10.6. The number of thiocarbonyl (C=S) groups is 1. The summed E-state index contributed by atoms with van der Waals surface area (Å²) in [7, 11) is 0. The number of fused-ring (bicyclic) bond motifs is 1. The van der Waals surface area contributed by atoms with Crippen LogP contribution >= 0.6 is 39.5 Å². The van der Waals surface area contributed by atoms with Gasteiger partial charge < -0.3 is 9.73 Å². The second-order valence-corrected chi connectivity index (χ2v) is 8.41. The first-order chi connectivity index (χ1) is 14.5. The average molecular weight is 501 g/mol. The highest BCUT2D eigenvalue weighted by atomic mass is 79.9. The molecule has 0 spiro atoms. The van der Waals surface area contributed by atoms with Crippen molar-refractivity contribution in [1.29, 1.82) is 0 Å². The first kappa shape index (κ1) is 20.2. The van der Waals surface area contributed by atoms with Crippen molar-refractivity contribution in [3.05, 3.63) is 76.7 Å². The lowest BCUT2D eigenvalue weighted by molar-refractivity contribution is 0.0975. The van der Waals surface area contributed by atoms with Crippen molar-refractivity contribution in [2.45, 2.75) is 0 Å². The van der Waals surface area contributed by atoms with E-state index >= 15 is 0 Å². The normalized spacial score (nSPS) is 10.6. The number of carbonyl (C=O) groups is 2. The summed E-state index contributed by atoms with van der Waals surface area (Å²) in [5, 5.41) is 8.97. The highest BCUT2D eigenvalue weighted by Gasteiger charge is 2.13. The van der Waals surface area contributed by atoms with Gasteiger partial charge in [-0.3, -0.25) is 20.2 Å². The fourth-order valence-electron chi connectivity index (χ4n) is 2.59. The predicted octanol–water partition coefficient (Wildman–Crippen LogP) is 5.03. The Kier molecular flexibility index (Phi) is 5.88. The van der Waals surface area contributed by atoms with E-state index in [4.69, 9.17) is 16.6 Å². The number of halogens is 1. The third kappa shape index (κ3) is 4.73. The fourth-order valence-corrected chi connectivity index (χ4v) is 4.10. The number of hydrogen-bond donors (Lipinski definition) is 3. The Balaban J connectivity index is 1.42. The van der Waals surface area contributed by atoms with Crippen molar-refractivity contribution in [3.8, 4) is 0 Å². The van der Waals surface area contributed by atoms with Gasteiger partial charge in [0.2, 0.25) is 0 Å². The Morgan fingerprint density at radius 3 is 2.67 bits per heavy atom. The van der Waals surface area contributed by atoms with Crippen LogP contribution in [-0.4, -0.2) is 21.9 Å². The number of furan rings is 1. The number of hydrogen-bond acceptors (Lipinski definition) is 6. The molecule has 0 fully saturated rings. The second kappa shape index (κ2) is 8.74. The van der Waals surface area contributed by atoms with Crippen LogP contribution < -0.4 is 16.0 Å². The number of benzene rings is 2. The highest BCUT2D eigenvalue weighted by molar-refractivity contribution is 9.10. The van der Waals surface area contributed by atoms with Gasteiger partial charge >= 0.3 is 0 Å². The third-order valence-electron chi connectivity index (χ3n) is 3.93. The van der Waals surface area contributed by atoms with E-state index in [1.165, 1.54) is 17.6 Å². The average Bonchev–Trinajstić information content (AvgIpc) is 3.37. The van der Waals surface area contributed by atoms with Crippen molar-refractivity contribution < 1.29 is 14.0 Å². The number of aromatic nitrogens is 1. The minimum atomic E-state index is -0.367. The molecule has 150 valence electrons. The summed E-state index contributed by atoms with van der Waals surface area (Å²) in [6.45, 7) is 0. The topological polar surface area (TPSA) is 96.3 Å². The molecule has 3 N–H and O–H groups in total. The SMILES string of the molecule is O=C(NC(=S)Nc1ccc2nc(NC(=O)c3ccco3)sc2c1)c1cccc(Br)c1. The van der Waals surface area contributed by atoms with E-state index in [1.807, 2.05) is 12.1 Å². The first-order valence-electron chi connectivity index (χ1n) is 8.61. The molecular weight excluding hydrogens is 488 g/mol. The van der Waals surface area contributed by atoms with Crippen LogP contribution in [0.3, 0.4) is 0 Å². The number of carbonyl (C=O) groups excluding carboxylic acids is 2. The van der Waals surface area contributed by atoms with Gasteiger partial charge in [0.1, 0.15) is 0 Å². The van der Waals surface area contributed by atoms with Crippen LogP contribution in [0.2, 0.25) is 0 Å². The molecule has 2 aromatic carbocycles. The van der Waals surface area contributed by atoms with Crippen LogP contribution in [-0.2, 0) is 0 Å². The number of nitrogens with zero attached hydrogens (tertiary/aromatic N) is 1. The molecule has 2 heterocycles. The molecular formula is C20H13BrN4O3S2. The molecule has 2 aromatic heterocycles. The van der Waals surface area contributed by atoms with E-state index in [1.54, 1.807) is 42.5 Å². The maximum Gasteiger partial charge on any atom is 0.293 e. The number of nitrogens with one attached hydrogen (secondary N) is 3. The molecule has 0 aliphatic rings. The van der Waals surface area contributed by atoms with E-state index in [0.717, 1.165) is 14.7 Å². The minimum absolute atomic E-state index is 0.176. The Hall–Kier alpha value is -3.08. The zero-order valence-corrected chi connectivity index (χ0v) is 18.4. The summed E-state index contributed by atoms with van der Waals surface area (Å²) in [5.74, 6) is -0.465. The molecule has 4 rings (SSSR count). The third-order valence-corrected chi connectivity index (χ3v) is 5.56. The smallest absolute Gasteiger partial charge is 0.293 e. The summed E-state index contributed by atoms with van der Waals surface area (Å²) < 4.78 is 6.73. The van der Waals surface area contributed by atoms with Crippen LogP contribution in [0.25, 0.3) is 10.2 Å². The lowest BCUT2D eigenvalue weighted by Gasteiger charge is -2.09. The van der Waals surface area contributed by atoms with Crippen molar-refractivity contribution in [2.75, 3.05) is 10.6 Å². The number of rotatable bonds is 4. The molecule has 0 aliphatic heterocycles. The van der Waals surface area contributed by atoms with Gasteiger partial charge in [-0.15, -0.1) is 0 Å². The van der Waals surface area contributed by atoms with Crippen molar-refractivity contribution in [1.82, 2.24) is 10.3 Å². The molecule has 2 amide bonds. The Labute approximate surface area is 188 Å². The Morgan fingerprint density at radius 2 is 1.90 bits per heavy atom. The molecule has 0 aliphatic carbocycles. The van der Waals surface area contributed by atoms with E-state index < -0.39 is 0 Å². The molecule has 0 unspecified atom stereocenters. The standard InChI is InChI=1S/C20H13BrN4O3S2/c21-12-4-1-3-11(9-12)17(26)24-19(29)22-13-6-7-14-16(10-13)30-20(23-14)25-18(27)15-5-2-8-28-15/h1-10H,(H,23,25,27)(H2,22,24,26,29). The van der Waals surface area contributed by atoms with Crippen LogP contribution in [0.5, 0.6) is 0 Å². The molecule has 10 heteroatoms. The molecule has 0 radical (unpaired) electrons. The second-order valence-electron chi connectivity index (χ2n) is 6.05. The summed E-state index contributed by atoms with van der Waals surface area (Å²) in [6, 6.07) is 15.7. The minimum Gasteiger partial charge on any atom is -0.459 e. The van der Waals surface area contributed by atoms with Gasteiger partial charge in [0.05, 0.1) is 16.5 Å². The van der Waals surface area contributed by atoms with E-state index in [9.17, 15) is 9.59 Å². The van der Waals surface area contributed by atoms with Gasteiger partial charge in [-0.05, 0) is 60.7 Å². The summed E-state index contributed by atoms with van der Waals surface area (Å²) in [5.41, 5.74) is 1.90. The Morgan fingerprint density at radius 1 is 1.03 bits per heavy atom. The van der Waals surface area contributed by atoms with Gasteiger partial charge in [-0.1, -0.05) is 33.3 Å². The van der Waals surface area contributed by atoms with E-state index in [0.29, 0.717) is 16.4 Å². The van der Waals surface area contributed by atoms with Crippen molar-refractivity contribution >= 4 is 77.4 Å². The molecule has 7 nitrogen and oxygen atoms in total. The van der Waals surface area contributed by atoms with Crippen LogP contribution in [0, 0.1) is 0 Å². The van der Waals surface area contributed by atoms with Gasteiger partial charge in [0, 0.05) is 15.7 Å². The lowest BCUT2D eigenvalue weighted by Crippen LogP contribution is -2.34. The zero-order valence-electron chi connectivity index (χ0n) is 15.1. The Bertz CT molecular complexity index is 1250. The zero-order chi connectivity index (χ0) is 21.1. The summed E-state index contributed by atoms with van der Waals surface area (Å²) >= 11 is 9.89. The highest BCUT2D eigenvalue weighted by Crippen LogP contribution is 2.28. The van der Waals surface area contributed by atoms with Crippen molar-refractivity contribution in [2.24, 2.45) is 0 Å². The molecule has 4 aromatic rings. The largest absolute Gasteiger partial charge is 0.459 e. The van der Waals surface area contributed by atoms with E-state index in [2.05, 4.69) is 36.9 Å². The summed E-state index contributed by atoms with van der Waals surface area (Å²) in [4.78, 5) is 28.8. The maximum atomic E-state index is 12.3. The molecule has 0 atom stereocenters. The number of thiazole rings is 1. The van der Waals surface area contributed by atoms with Gasteiger partial charge in [-0.2, -0.15) is 0 Å². The fraction of sp³-hybridized carbons (Fsp3) is 0. The predicted molar refractivity (Wildman–Crippen MR) is 124 cm³/mol. The van der Waals surface area contributed by atoms with E-state index in [-0.39, 0.29) is 22.7 Å². The summed E-state index contributed by atoms with van der Waals surface area (Å²) in [6.07, 6.45) is 1.43. The number of amides is 2. The molecule has 0 saturated heterocycles.